The van der Waals surface area contributed by atoms with Gasteiger partial charge in [-0.15, -0.1) is 0 Å². The van der Waals surface area contributed by atoms with Crippen molar-refractivity contribution in [3.8, 4) is 0 Å². The summed E-state index contributed by atoms with van der Waals surface area (Å²) in [6, 6.07) is -0.937. The van der Waals surface area contributed by atoms with E-state index < -0.39 is 86.8 Å². The molecule has 2 fully saturated rings. The molecule has 2 rings (SSSR count). The average molecular weight is 1080 g/mol. The number of aliphatic hydroxyl groups excluding tert-OH is 8. The van der Waals surface area contributed by atoms with Gasteiger partial charge in [-0.25, -0.2) is 0 Å². The van der Waals surface area contributed by atoms with Crippen LogP contribution in [0.3, 0.4) is 0 Å². The van der Waals surface area contributed by atoms with Gasteiger partial charge in [0.1, 0.15) is 48.8 Å². The molecule has 2 saturated heterocycles. The van der Waals surface area contributed by atoms with Gasteiger partial charge in [-0.1, -0.05) is 217 Å². The van der Waals surface area contributed by atoms with Gasteiger partial charge in [-0.2, -0.15) is 0 Å². The van der Waals surface area contributed by atoms with Crippen molar-refractivity contribution < 1.29 is 64.6 Å². The van der Waals surface area contributed by atoms with Gasteiger partial charge in [-0.3, -0.25) is 4.79 Å². The second kappa shape index (κ2) is 47.7. The van der Waals surface area contributed by atoms with Gasteiger partial charge >= 0.3 is 0 Å². The molecule has 0 spiro atoms. The van der Waals surface area contributed by atoms with Crippen molar-refractivity contribution in [3.05, 3.63) is 48.6 Å². The zero-order chi connectivity index (χ0) is 55.3. The fraction of sp³-hybridized carbons (Fsp3) is 0.855. The molecule has 76 heavy (non-hydrogen) atoms. The molecule has 0 bridgehead atoms. The Labute approximate surface area is 461 Å². The molecular weight excluding hydrogens is 967 g/mol. The number of nitrogens with one attached hydrogen (secondary N) is 1. The van der Waals surface area contributed by atoms with Crippen LogP contribution in [-0.4, -0.2) is 140 Å². The van der Waals surface area contributed by atoms with E-state index in [-0.39, 0.29) is 18.9 Å². The van der Waals surface area contributed by atoms with E-state index in [2.05, 4.69) is 55.6 Å². The normalized spacial score (nSPS) is 25.2. The van der Waals surface area contributed by atoms with Crippen LogP contribution in [0.4, 0.5) is 0 Å². The molecule has 12 unspecified atom stereocenters. The Kier molecular flexibility index (Phi) is 44.0. The summed E-state index contributed by atoms with van der Waals surface area (Å²) in [6.07, 6.45) is 43.1. The summed E-state index contributed by atoms with van der Waals surface area (Å²) < 4.78 is 22.7. The highest BCUT2D eigenvalue weighted by molar-refractivity contribution is 5.76. The van der Waals surface area contributed by atoms with E-state index in [0.29, 0.717) is 12.8 Å². The molecule has 0 aromatic heterocycles. The molecule has 2 heterocycles. The summed E-state index contributed by atoms with van der Waals surface area (Å²) in [5, 5.41) is 87.0. The first-order valence-electron chi connectivity index (χ1n) is 30.9. The smallest absolute Gasteiger partial charge is 0.220 e. The molecule has 0 radical (unpaired) electrons. The highest BCUT2D eigenvalue weighted by Crippen LogP contribution is 2.30. The van der Waals surface area contributed by atoms with Gasteiger partial charge in [-0.05, 0) is 70.6 Å². The maximum Gasteiger partial charge on any atom is 0.220 e. The van der Waals surface area contributed by atoms with E-state index in [0.717, 1.165) is 44.9 Å². The standard InChI is InChI=1S/C62H113NO13/c1-3-5-7-9-11-13-15-17-19-20-21-22-23-24-25-26-27-28-29-30-32-34-36-38-40-42-44-46-54(67)63-50(51(66)45-43-41-39-37-35-33-31-18-16-14-12-10-8-6-4-2)49-73-61-59(72)57(70)60(53(48-65)75-61)76-62-58(71)56(69)55(68)52(47-64)74-62/h16,18,20-21,35,37,43,45,50-53,55-62,64-66,68-72H,3-15,17,19,22-34,36,38-42,44,46-49H2,1-2H3,(H,63,67)/b18-16+,21-20-,37-35+,45-43+. The van der Waals surface area contributed by atoms with Crippen LogP contribution in [0, 0.1) is 0 Å². The summed E-state index contributed by atoms with van der Waals surface area (Å²) in [5.74, 6) is -0.252. The fourth-order valence-corrected chi connectivity index (χ4v) is 9.97. The summed E-state index contributed by atoms with van der Waals surface area (Å²) in [4.78, 5) is 13.3. The summed E-state index contributed by atoms with van der Waals surface area (Å²) in [5.41, 5.74) is 0. The van der Waals surface area contributed by atoms with Crippen LogP contribution >= 0.6 is 0 Å². The zero-order valence-electron chi connectivity index (χ0n) is 47.7. The molecule has 12 atom stereocenters. The average Bonchev–Trinajstić information content (AvgIpc) is 3.42. The van der Waals surface area contributed by atoms with E-state index in [1.165, 1.54) is 167 Å². The number of aliphatic hydroxyl groups is 8. The van der Waals surface area contributed by atoms with Gasteiger partial charge in [0.25, 0.3) is 0 Å². The molecule has 444 valence electrons. The number of ether oxygens (including phenoxy) is 4. The Morgan fingerprint density at radius 1 is 0.461 bits per heavy atom. The molecule has 0 aromatic rings. The number of amides is 1. The van der Waals surface area contributed by atoms with Crippen LogP contribution in [-0.2, 0) is 23.7 Å². The van der Waals surface area contributed by atoms with Gasteiger partial charge < -0.3 is 65.1 Å². The number of unbranched alkanes of at least 4 members (excludes halogenated alkanes) is 30. The first-order valence-corrected chi connectivity index (χ1v) is 30.9. The highest BCUT2D eigenvalue weighted by atomic mass is 16.7. The number of carbonyl (C=O) groups excluding carboxylic acids is 1. The second-order valence-electron chi connectivity index (χ2n) is 21.8. The van der Waals surface area contributed by atoms with Gasteiger partial charge in [0.15, 0.2) is 12.6 Å². The lowest BCUT2D eigenvalue weighted by atomic mass is 9.97. The van der Waals surface area contributed by atoms with Gasteiger partial charge in [0.2, 0.25) is 5.91 Å². The van der Waals surface area contributed by atoms with Crippen molar-refractivity contribution in [1.29, 1.82) is 0 Å². The predicted octanol–water partition coefficient (Wildman–Crippen LogP) is 10.8. The van der Waals surface area contributed by atoms with Crippen molar-refractivity contribution in [3.63, 3.8) is 0 Å². The molecule has 2 aliphatic heterocycles. The number of allylic oxidation sites excluding steroid dienone is 7. The lowest BCUT2D eigenvalue weighted by molar-refractivity contribution is -0.359. The van der Waals surface area contributed by atoms with E-state index in [1.807, 2.05) is 6.08 Å². The highest BCUT2D eigenvalue weighted by Gasteiger charge is 2.51. The Balaban J connectivity index is 1.72. The lowest BCUT2D eigenvalue weighted by Gasteiger charge is -2.46. The lowest BCUT2D eigenvalue weighted by Crippen LogP contribution is -2.65. The predicted molar refractivity (Wildman–Crippen MR) is 304 cm³/mol. The van der Waals surface area contributed by atoms with Crippen molar-refractivity contribution in [2.45, 2.75) is 319 Å². The van der Waals surface area contributed by atoms with Crippen molar-refractivity contribution in [2.75, 3.05) is 19.8 Å². The maximum atomic E-state index is 13.3. The third-order valence-corrected chi connectivity index (χ3v) is 15.0. The largest absolute Gasteiger partial charge is 0.394 e. The van der Waals surface area contributed by atoms with Crippen molar-refractivity contribution >= 4 is 5.91 Å². The molecule has 0 saturated carbocycles. The van der Waals surface area contributed by atoms with E-state index >= 15 is 0 Å². The quantitative estimate of drug-likeness (QED) is 0.0204. The van der Waals surface area contributed by atoms with Crippen molar-refractivity contribution in [2.24, 2.45) is 0 Å². The van der Waals surface area contributed by atoms with E-state index in [1.54, 1.807) is 6.08 Å². The van der Waals surface area contributed by atoms with E-state index in [4.69, 9.17) is 18.9 Å². The van der Waals surface area contributed by atoms with Crippen molar-refractivity contribution in [1.82, 2.24) is 5.32 Å². The number of rotatable bonds is 49. The molecular formula is C62H113NO13. The van der Waals surface area contributed by atoms with Crippen LogP contribution in [0.1, 0.15) is 245 Å². The topological polar surface area (TPSA) is 228 Å². The zero-order valence-corrected chi connectivity index (χ0v) is 47.7. The fourth-order valence-electron chi connectivity index (χ4n) is 9.97. The molecule has 0 aliphatic carbocycles. The van der Waals surface area contributed by atoms with Crippen LogP contribution in [0.5, 0.6) is 0 Å². The minimum absolute atomic E-state index is 0.252. The Morgan fingerprint density at radius 3 is 1.29 bits per heavy atom. The molecule has 0 aromatic carbocycles. The minimum atomic E-state index is -1.79. The maximum absolute atomic E-state index is 13.3. The van der Waals surface area contributed by atoms with Gasteiger partial charge in [0.05, 0.1) is 32.0 Å². The summed E-state index contributed by atoms with van der Waals surface area (Å²) >= 11 is 0. The minimum Gasteiger partial charge on any atom is -0.394 e. The molecule has 14 nitrogen and oxygen atoms in total. The van der Waals surface area contributed by atoms with Gasteiger partial charge in [0, 0.05) is 6.42 Å². The first-order chi connectivity index (χ1) is 37.1. The summed E-state index contributed by atoms with van der Waals surface area (Å²) in [7, 11) is 0. The first kappa shape index (κ1) is 70.1. The molecule has 2 aliphatic rings. The molecule has 9 N–H and O–H groups in total. The Hall–Kier alpha value is -2.05. The SMILES string of the molecule is CCCCCCC/C=C/CC/C=C/CC/C=C/C(O)C(COC1OC(CO)C(OC2OC(CO)C(O)C(O)C2O)C(O)C1O)NC(=O)CCCCCCCCCCCCCCCCC/C=C\CCCCCCCCCC. The van der Waals surface area contributed by atoms with Crippen LogP contribution < -0.4 is 5.32 Å². The number of carbonyl (C=O) groups is 1. The Morgan fingerprint density at radius 2 is 0.842 bits per heavy atom. The number of hydrogen-bond acceptors (Lipinski definition) is 13. The third-order valence-electron chi connectivity index (χ3n) is 15.0. The third kappa shape index (κ3) is 32.9. The summed E-state index contributed by atoms with van der Waals surface area (Å²) in [6.45, 7) is 2.77. The Bertz CT molecular complexity index is 1460. The second-order valence-corrected chi connectivity index (χ2v) is 21.8. The molecule has 14 heteroatoms. The van der Waals surface area contributed by atoms with Crippen LogP contribution in [0.15, 0.2) is 48.6 Å². The number of hydrogen-bond donors (Lipinski definition) is 9. The van der Waals surface area contributed by atoms with Crippen LogP contribution in [0.25, 0.3) is 0 Å². The van der Waals surface area contributed by atoms with E-state index in [9.17, 15) is 45.6 Å². The van der Waals surface area contributed by atoms with Crippen LogP contribution in [0.2, 0.25) is 0 Å². The molecule has 1 amide bonds. The monoisotopic (exact) mass is 1080 g/mol.